The van der Waals surface area contributed by atoms with Gasteiger partial charge in [0.25, 0.3) is 5.91 Å². The second-order valence-corrected chi connectivity index (χ2v) is 8.48. The fraction of sp³-hybridized carbons (Fsp3) is 0.308. The molecule has 0 bridgehead atoms. The lowest BCUT2D eigenvalue weighted by Gasteiger charge is -2.30. The third kappa shape index (κ3) is 4.49. The molecule has 0 atom stereocenters. The highest BCUT2D eigenvalue weighted by molar-refractivity contribution is 6.00. The predicted molar refractivity (Wildman–Crippen MR) is 129 cm³/mol. The lowest BCUT2D eigenvalue weighted by Crippen LogP contribution is -2.38. The number of nitrogens with zero attached hydrogens (tertiary/aromatic N) is 5. The molecule has 9 heteroatoms. The Hall–Kier alpha value is -4.14. The van der Waals surface area contributed by atoms with Crippen molar-refractivity contribution < 1.29 is 18.8 Å². The van der Waals surface area contributed by atoms with E-state index in [-0.39, 0.29) is 11.8 Å². The SMILES string of the molecule is COc1ccc(-c2nn(-c3ccccc3)cc2C(=O)N2CCC(c3nc(C)no3)CC2)c(OC)c1. The summed E-state index contributed by atoms with van der Waals surface area (Å²) in [4.78, 5) is 20.0. The zero-order chi connectivity index (χ0) is 24.4. The van der Waals surface area contributed by atoms with E-state index in [9.17, 15) is 4.79 Å². The lowest BCUT2D eigenvalue weighted by atomic mass is 9.96. The summed E-state index contributed by atoms with van der Waals surface area (Å²) in [5.41, 5.74) is 2.67. The van der Waals surface area contributed by atoms with Crippen LogP contribution < -0.4 is 9.47 Å². The molecule has 0 spiro atoms. The summed E-state index contributed by atoms with van der Waals surface area (Å²) in [6.07, 6.45) is 3.33. The Balaban J connectivity index is 1.48. The molecular weight excluding hydrogens is 446 g/mol. The largest absolute Gasteiger partial charge is 0.497 e. The van der Waals surface area contributed by atoms with E-state index in [1.54, 1.807) is 31.2 Å². The molecule has 0 saturated carbocycles. The van der Waals surface area contributed by atoms with Crippen molar-refractivity contribution in [3.63, 3.8) is 0 Å². The number of aromatic nitrogens is 4. The van der Waals surface area contributed by atoms with Crippen molar-refractivity contribution in [3.8, 4) is 28.4 Å². The Morgan fingerprint density at radius 1 is 1.06 bits per heavy atom. The van der Waals surface area contributed by atoms with Gasteiger partial charge < -0.3 is 18.9 Å². The Morgan fingerprint density at radius 2 is 1.83 bits per heavy atom. The van der Waals surface area contributed by atoms with Gasteiger partial charge in [-0.25, -0.2) is 4.68 Å². The van der Waals surface area contributed by atoms with Crippen LogP contribution in [0.3, 0.4) is 0 Å². The topological polar surface area (TPSA) is 95.5 Å². The highest BCUT2D eigenvalue weighted by Gasteiger charge is 2.30. The summed E-state index contributed by atoms with van der Waals surface area (Å²) in [6.45, 7) is 3.01. The summed E-state index contributed by atoms with van der Waals surface area (Å²) in [5.74, 6) is 2.62. The maximum atomic E-state index is 13.8. The average molecular weight is 474 g/mol. The normalized spacial score (nSPS) is 14.2. The van der Waals surface area contributed by atoms with E-state index in [1.165, 1.54) is 0 Å². The van der Waals surface area contributed by atoms with Gasteiger partial charge in [-0.05, 0) is 44.0 Å². The maximum absolute atomic E-state index is 13.8. The van der Waals surface area contributed by atoms with Gasteiger partial charge in [0, 0.05) is 36.8 Å². The van der Waals surface area contributed by atoms with Crippen LogP contribution in [-0.2, 0) is 0 Å². The van der Waals surface area contributed by atoms with Crippen molar-refractivity contribution in [1.29, 1.82) is 0 Å². The number of aryl methyl sites for hydroxylation is 1. The van der Waals surface area contributed by atoms with Crippen molar-refractivity contribution in [2.75, 3.05) is 27.3 Å². The number of amides is 1. The smallest absolute Gasteiger partial charge is 0.257 e. The second kappa shape index (κ2) is 9.61. The summed E-state index contributed by atoms with van der Waals surface area (Å²) < 4.78 is 18.1. The van der Waals surface area contributed by atoms with Crippen LogP contribution in [0.1, 0.15) is 40.8 Å². The number of carbonyl (C=O) groups is 1. The Morgan fingerprint density at radius 3 is 2.49 bits per heavy atom. The third-order valence-electron chi connectivity index (χ3n) is 6.30. The molecule has 4 aromatic rings. The zero-order valence-electron chi connectivity index (χ0n) is 20.0. The molecule has 35 heavy (non-hydrogen) atoms. The van der Waals surface area contributed by atoms with E-state index in [1.807, 2.05) is 54.3 Å². The summed E-state index contributed by atoms with van der Waals surface area (Å²) in [5, 5.41) is 8.71. The quantitative estimate of drug-likeness (QED) is 0.413. The number of piperidine rings is 1. The van der Waals surface area contributed by atoms with E-state index < -0.39 is 0 Å². The van der Waals surface area contributed by atoms with Crippen molar-refractivity contribution in [1.82, 2.24) is 24.8 Å². The van der Waals surface area contributed by atoms with Crippen molar-refractivity contribution in [2.45, 2.75) is 25.7 Å². The van der Waals surface area contributed by atoms with Crippen molar-refractivity contribution in [3.05, 3.63) is 72.0 Å². The summed E-state index contributed by atoms with van der Waals surface area (Å²) in [7, 11) is 3.20. The van der Waals surface area contributed by atoms with Gasteiger partial charge in [0.05, 0.1) is 25.5 Å². The average Bonchev–Trinajstić information content (AvgIpc) is 3.55. The van der Waals surface area contributed by atoms with Crippen LogP contribution in [0.4, 0.5) is 0 Å². The van der Waals surface area contributed by atoms with Crippen LogP contribution in [0, 0.1) is 6.92 Å². The molecule has 3 heterocycles. The van der Waals surface area contributed by atoms with Crippen LogP contribution in [0.25, 0.3) is 16.9 Å². The number of rotatable bonds is 6. The highest BCUT2D eigenvalue weighted by atomic mass is 16.5. The first kappa shape index (κ1) is 22.6. The van der Waals surface area contributed by atoms with Gasteiger partial charge in [0.2, 0.25) is 5.89 Å². The van der Waals surface area contributed by atoms with E-state index >= 15 is 0 Å². The number of hydrogen-bond donors (Lipinski definition) is 0. The third-order valence-corrected chi connectivity index (χ3v) is 6.30. The van der Waals surface area contributed by atoms with Gasteiger partial charge in [-0.15, -0.1) is 0 Å². The minimum atomic E-state index is -0.0692. The van der Waals surface area contributed by atoms with Gasteiger partial charge in [0.15, 0.2) is 5.82 Å². The zero-order valence-corrected chi connectivity index (χ0v) is 20.0. The number of para-hydroxylation sites is 1. The van der Waals surface area contributed by atoms with E-state index in [2.05, 4.69) is 10.1 Å². The minimum Gasteiger partial charge on any atom is -0.497 e. The highest BCUT2D eigenvalue weighted by Crippen LogP contribution is 2.36. The molecule has 5 rings (SSSR count). The fourth-order valence-corrected chi connectivity index (χ4v) is 4.42. The van der Waals surface area contributed by atoms with E-state index in [0.717, 1.165) is 24.1 Å². The molecule has 1 amide bonds. The molecule has 1 fully saturated rings. The Labute approximate surface area is 203 Å². The van der Waals surface area contributed by atoms with Crippen molar-refractivity contribution in [2.24, 2.45) is 0 Å². The van der Waals surface area contributed by atoms with Crippen LogP contribution in [-0.4, -0.2) is 58.0 Å². The van der Waals surface area contributed by atoms with Gasteiger partial charge in [-0.3, -0.25) is 4.79 Å². The van der Waals surface area contributed by atoms with Crippen LogP contribution in [0.15, 0.2) is 59.3 Å². The molecule has 1 aliphatic heterocycles. The molecule has 0 unspecified atom stereocenters. The number of likely N-dealkylation sites (tertiary alicyclic amines) is 1. The molecule has 2 aromatic carbocycles. The van der Waals surface area contributed by atoms with Crippen LogP contribution >= 0.6 is 0 Å². The first-order valence-corrected chi connectivity index (χ1v) is 11.5. The maximum Gasteiger partial charge on any atom is 0.257 e. The Bertz CT molecular complexity index is 1320. The number of hydrogen-bond acceptors (Lipinski definition) is 7. The number of ether oxygens (including phenoxy) is 2. The number of methoxy groups -OCH3 is 2. The van der Waals surface area contributed by atoms with Gasteiger partial charge in [-0.2, -0.15) is 10.1 Å². The Kier molecular flexibility index (Phi) is 6.22. The van der Waals surface area contributed by atoms with E-state index in [4.69, 9.17) is 19.1 Å². The fourth-order valence-electron chi connectivity index (χ4n) is 4.42. The number of carbonyl (C=O) groups excluding carboxylic acids is 1. The minimum absolute atomic E-state index is 0.0692. The monoisotopic (exact) mass is 473 g/mol. The van der Waals surface area contributed by atoms with E-state index in [0.29, 0.717) is 47.6 Å². The molecule has 9 nitrogen and oxygen atoms in total. The molecular formula is C26H27N5O4. The predicted octanol–water partition coefficient (Wildman–Crippen LogP) is 4.27. The first-order chi connectivity index (χ1) is 17.1. The molecule has 0 N–H and O–H groups in total. The standard InChI is InChI=1S/C26H27N5O4/c1-17-27-25(35-29-17)18-11-13-30(14-12-18)26(32)22-16-31(19-7-5-4-6-8-19)28-24(22)21-10-9-20(33-2)15-23(21)34-3/h4-10,15-16,18H,11-14H2,1-3H3. The molecule has 0 aliphatic carbocycles. The molecule has 0 radical (unpaired) electrons. The first-order valence-electron chi connectivity index (χ1n) is 11.5. The van der Waals surface area contributed by atoms with Gasteiger partial charge >= 0.3 is 0 Å². The summed E-state index contributed by atoms with van der Waals surface area (Å²) in [6, 6.07) is 15.2. The summed E-state index contributed by atoms with van der Waals surface area (Å²) >= 11 is 0. The molecule has 2 aromatic heterocycles. The van der Waals surface area contributed by atoms with Crippen LogP contribution in [0.2, 0.25) is 0 Å². The molecule has 180 valence electrons. The second-order valence-electron chi connectivity index (χ2n) is 8.48. The van der Waals surface area contributed by atoms with Gasteiger partial charge in [0.1, 0.15) is 17.2 Å². The number of benzene rings is 2. The van der Waals surface area contributed by atoms with Gasteiger partial charge in [-0.1, -0.05) is 23.4 Å². The van der Waals surface area contributed by atoms with Crippen LogP contribution in [0.5, 0.6) is 11.5 Å². The lowest BCUT2D eigenvalue weighted by molar-refractivity contribution is 0.0705. The molecule has 1 aliphatic rings. The molecule has 1 saturated heterocycles. The van der Waals surface area contributed by atoms with Crippen molar-refractivity contribution >= 4 is 5.91 Å².